The molecule has 6 heterocycles. The second-order valence-corrected chi connectivity index (χ2v) is 17.2. The van der Waals surface area contributed by atoms with Gasteiger partial charge in [0.25, 0.3) is 17.7 Å². The van der Waals surface area contributed by atoms with Crippen molar-refractivity contribution in [3.63, 3.8) is 0 Å². The van der Waals surface area contributed by atoms with E-state index in [0.29, 0.717) is 35.3 Å². The fourth-order valence-corrected chi connectivity index (χ4v) is 9.85. The molecule has 1 saturated carbocycles. The minimum Gasteiger partial charge on any atom is -0.490 e. The van der Waals surface area contributed by atoms with Gasteiger partial charge in [-0.1, -0.05) is 11.6 Å². The van der Waals surface area contributed by atoms with Crippen LogP contribution in [0.25, 0.3) is 0 Å². The predicted molar refractivity (Wildman–Crippen MR) is 211 cm³/mol. The van der Waals surface area contributed by atoms with Crippen molar-refractivity contribution in [1.29, 1.82) is 5.26 Å². The Morgan fingerprint density at radius 3 is 2.32 bits per heavy atom. The molecule has 15 nitrogen and oxygen atoms in total. The van der Waals surface area contributed by atoms with E-state index >= 15 is 4.39 Å². The molecule has 17 heteroatoms. The summed E-state index contributed by atoms with van der Waals surface area (Å²) in [6.07, 6.45) is 8.42. The molecule has 1 aromatic heterocycles. The van der Waals surface area contributed by atoms with Gasteiger partial charge in [0.15, 0.2) is 0 Å². The summed E-state index contributed by atoms with van der Waals surface area (Å²) in [4.78, 5) is 79.8. The van der Waals surface area contributed by atoms with Gasteiger partial charge in [0.2, 0.25) is 11.8 Å². The first-order chi connectivity index (χ1) is 28.5. The number of anilines is 2. The van der Waals surface area contributed by atoms with E-state index in [9.17, 15) is 24.0 Å². The van der Waals surface area contributed by atoms with Crippen LogP contribution in [0.5, 0.6) is 5.75 Å². The van der Waals surface area contributed by atoms with Crippen LogP contribution in [-0.4, -0.2) is 113 Å². The summed E-state index contributed by atoms with van der Waals surface area (Å²) in [5.74, 6) is -1.41. The standard InChI is InChI=1S/C42H43ClFN9O6/c43-31-13-28(4-1-25(31)16-45)59-27-5-2-26(3-6-27)48-38(55)33-17-47-36(18-46-33)51-11-9-24(10-12-51)19-50-20-42(21-50)22-52(23-42)35-15-30-29(14-32(35)44)40(57)53(41(30)58)34-7-8-37(54)49-39(34)56/h1,4,13-15,17-18,24,26-27,34H,2-3,5-12,19-23H2,(H,48,55)(H,49,54,56)/t26-,27-,34?. The van der Waals surface area contributed by atoms with Crippen molar-refractivity contribution in [1.82, 2.24) is 30.4 Å². The van der Waals surface area contributed by atoms with Crippen LogP contribution in [0.2, 0.25) is 5.02 Å². The molecule has 9 rings (SSSR count). The number of piperidine rings is 2. The van der Waals surface area contributed by atoms with Gasteiger partial charge in [0, 0.05) is 69.8 Å². The number of ether oxygens (including phenoxy) is 1. The highest BCUT2D eigenvalue weighted by Gasteiger charge is 2.53. The SMILES string of the molecule is N#Cc1ccc(O[C@H]2CC[C@H](NC(=O)c3cnc(N4CCC(CN5CC6(C5)CN(c5cc7c(cc5F)C(=O)N(C5CCC(=O)NC5=O)C7=O)C6)CC4)cn3)CC2)cc1Cl. The van der Waals surface area contributed by atoms with E-state index in [1.807, 2.05) is 11.0 Å². The van der Waals surface area contributed by atoms with E-state index in [4.69, 9.17) is 21.6 Å². The highest BCUT2D eigenvalue weighted by Crippen LogP contribution is 2.44. The van der Waals surface area contributed by atoms with Gasteiger partial charge >= 0.3 is 0 Å². The Bertz CT molecular complexity index is 2260. The zero-order valence-electron chi connectivity index (χ0n) is 32.3. The van der Waals surface area contributed by atoms with Gasteiger partial charge in [-0.3, -0.25) is 34.2 Å². The van der Waals surface area contributed by atoms with Crippen LogP contribution in [-0.2, 0) is 9.59 Å². The highest BCUT2D eigenvalue weighted by molar-refractivity contribution is 6.31. The average molecular weight is 824 g/mol. The largest absolute Gasteiger partial charge is 0.490 e. The maximum absolute atomic E-state index is 15.4. The molecule has 6 aliphatic rings. The zero-order chi connectivity index (χ0) is 41.0. The summed E-state index contributed by atoms with van der Waals surface area (Å²) in [7, 11) is 0. The van der Waals surface area contributed by atoms with Crippen molar-refractivity contribution in [2.24, 2.45) is 11.3 Å². The number of amides is 5. The number of halogens is 2. The lowest BCUT2D eigenvalue weighted by molar-refractivity contribution is -0.136. The number of carbonyl (C=O) groups is 5. The number of nitriles is 1. The molecule has 2 aromatic carbocycles. The van der Waals surface area contributed by atoms with Gasteiger partial charge in [-0.25, -0.2) is 14.4 Å². The lowest BCUT2D eigenvalue weighted by atomic mass is 9.72. The number of likely N-dealkylation sites (tertiary alicyclic amines) is 1. The van der Waals surface area contributed by atoms with Crippen molar-refractivity contribution in [3.8, 4) is 11.8 Å². The summed E-state index contributed by atoms with van der Waals surface area (Å²) in [6.45, 7) is 5.80. The molecular weight excluding hydrogens is 781 g/mol. The number of fused-ring (bicyclic) bond motifs is 1. The first-order valence-electron chi connectivity index (χ1n) is 20.2. The number of nitrogens with one attached hydrogen (secondary N) is 2. The molecule has 1 unspecified atom stereocenters. The number of imide groups is 2. The van der Waals surface area contributed by atoms with Crippen molar-refractivity contribution >= 4 is 52.6 Å². The number of hydrogen-bond donors (Lipinski definition) is 2. The third-order valence-corrected chi connectivity index (χ3v) is 13.0. The summed E-state index contributed by atoms with van der Waals surface area (Å²) < 4.78 is 21.4. The van der Waals surface area contributed by atoms with Gasteiger partial charge in [-0.05, 0) is 75.1 Å². The summed E-state index contributed by atoms with van der Waals surface area (Å²) in [5.41, 5.74) is 1.05. The number of benzene rings is 2. The molecule has 0 bridgehead atoms. The minimum absolute atomic E-state index is 0.0104. The Morgan fingerprint density at radius 2 is 1.66 bits per heavy atom. The molecule has 306 valence electrons. The Labute approximate surface area is 344 Å². The summed E-state index contributed by atoms with van der Waals surface area (Å²) in [5, 5.41) is 14.7. The maximum atomic E-state index is 15.4. The predicted octanol–water partition coefficient (Wildman–Crippen LogP) is 3.70. The van der Waals surface area contributed by atoms with Crippen LogP contribution in [0.15, 0.2) is 42.7 Å². The lowest BCUT2D eigenvalue weighted by Gasteiger charge is -2.61. The molecule has 4 saturated heterocycles. The average Bonchev–Trinajstić information content (AvgIpc) is 3.43. The van der Waals surface area contributed by atoms with Crippen LogP contribution < -0.4 is 25.2 Å². The fourth-order valence-electron chi connectivity index (χ4n) is 9.63. The number of nitrogens with zero attached hydrogens (tertiary/aromatic N) is 7. The maximum Gasteiger partial charge on any atom is 0.271 e. The van der Waals surface area contributed by atoms with E-state index in [2.05, 4.69) is 30.4 Å². The first kappa shape index (κ1) is 38.8. The first-order valence-corrected chi connectivity index (χ1v) is 20.6. The molecule has 5 aliphatic heterocycles. The van der Waals surface area contributed by atoms with E-state index in [-0.39, 0.29) is 58.8 Å². The van der Waals surface area contributed by atoms with Crippen LogP contribution in [0, 0.1) is 28.5 Å². The Kier molecular flexibility index (Phi) is 10.2. The molecule has 59 heavy (non-hydrogen) atoms. The molecule has 1 aliphatic carbocycles. The minimum atomic E-state index is -1.10. The van der Waals surface area contributed by atoms with Crippen LogP contribution in [0.3, 0.4) is 0 Å². The Balaban J connectivity index is 0.694. The van der Waals surface area contributed by atoms with Crippen molar-refractivity contribution in [2.75, 3.05) is 55.6 Å². The Hall–Kier alpha value is -5.66. The van der Waals surface area contributed by atoms with E-state index in [0.717, 1.165) is 88.0 Å². The van der Waals surface area contributed by atoms with Crippen molar-refractivity contribution < 1.29 is 33.1 Å². The number of hydrogen-bond acceptors (Lipinski definition) is 12. The number of rotatable bonds is 9. The second kappa shape index (κ2) is 15.5. The van der Waals surface area contributed by atoms with Gasteiger partial charge in [0.05, 0.1) is 45.9 Å². The van der Waals surface area contributed by atoms with E-state index < -0.39 is 35.5 Å². The fraction of sp³-hybridized carbons (Fsp3) is 0.476. The highest BCUT2D eigenvalue weighted by atomic mass is 35.5. The monoisotopic (exact) mass is 823 g/mol. The smallest absolute Gasteiger partial charge is 0.271 e. The molecule has 5 amide bonds. The normalized spacial score (nSPS) is 24.3. The van der Waals surface area contributed by atoms with E-state index in [1.54, 1.807) is 30.6 Å². The van der Waals surface area contributed by atoms with Gasteiger partial charge in [-0.2, -0.15) is 5.26 Å². The molecule has 5 fully saturated rings. The lowest BCUT2D eigenvalue weighted by Crippen LogP contribution is -2.72. The van der Waals surface area contributed by atoms with Crippen molar-refractivity contribution in [2.45, 2.75) is 69.6 Å². The Morgan fingerprint density at radius 1 is 0.932 bits per heavy atom. The molecule has 1 atom stereocenters. The van der Waals surface area contributed by atoms with Gasteiger partial charge in [-0.15, -0.1) is 0 Å². The third-order valence-electron chi connectivity index (χ3n) is 12.7. The molecular formula is C42H43ClFN9O6. The molecule has 3 aromatic rings. The van der Waals surface area contributed by atoms with Crippen molar-refractivity contribution in [3.05, 3.63) is 75.9 Å². The number of aromatic nitrogens is 2. The molecule has 2 N–H and O–H groups in total. The van der Waals surface area contributed by atoms with Crippen LogP contribution in [0.1, 0.15) is 88.1 Å². The summed E-state index contributed by atoms with van der Waals surface area (Å²) >= 11 is 6.14. The zero-order valence-corrected chi connectivity index (χ0v) is 33.0. The third kappa shape index (κ3) is 7.57. The molecule has 1 spiro atoms. The summed E-state index contributed by atoms with van der Waals surface area (Å²) in [6, 6.07) is 8.57. The van der Waals surface area contributed by atoms with E-state index in [1.165, 1.54) is 6.07 Å². The second-order valence-electron chi connectivity index (χ2n) is 16.8. The molecule has 0 radical (unpaired) electrons. The van der Waals surface area contributed by atoms with Gasteiger partial charge in [0.1, 0.15) is 35.2 Å². The number of carbonyl (C=O) groups excluding carboxylic acids is 5. The topological polar surface area (TPSA) is 181 Å². The van der Waals surface area contributed by atoms with Crippen LogP contribution in [0.4, 0.5) is 15.9 Å². The van der Waals surface area contributed by atoms with Gasteiger partial charge < -0.3 is 24.8 Å². The van der Waals surface area contributed by atoms with Crippen LogP contribution >= 0.6 is 11.6 Å². The quantitative estimate of drug-likeness (QED) is 0.299.